The first-order chi connectivity index (χ1) is 32.0. The molecule has 1 amide bonds. The minimum atomic E-state index is -0.900. The second-order valence-corrected chi connectivity index (χ2v) is 19.2. The zero-order valence-electron chi connectivity index (χ0n) is 39.8. The molecule has 4 atom stereocenters. The Morgan fingerprint density at radius 1 is 0.818 bits per heavy atom. The van der Waals surface area contributed by atoms with E-state index in [1.165, 1.54) is 11.1 Å². The minimum absolute atomic E-state index is 0.0438. The topological polar surface area (TPSA) is 112 Å². The van der Waals surface area contributed by atoms with Crippen molar-refractivity contribution in [3.8, 4) is 11.5 Å². The van der Waals surface area contributed by atoms with Crippen molar-refractivity contribution >= 4 is 23.3 Å². The van der Waals surface area contributed by atoms with E-state index in [0.29, 0.717) is 43.4 Å². The van der Waals surface area contributed by atoms with Gasteiger partial charge in [-0.2, -0.15) is 0 Å². The van der Waals surface area contributed by atoms with E-state index in [1.807, 2.05) is 73.3 Å². The summed E-state index contributed by atoms with van der Waals surface area (Å²) in [4.78, 5) is 46.6. The van der Waals surface area contributed by atoms with E-state index in [0.717, 1.165) is 101 Å². The van der Waals surface area contributed by atoms with Crippen LogP contribution in [0.3, 0.4) is 0 Å². The molecule has 10 rings (SSSR count). The lowest BCUT2D eigenvalue weighted by Crippen LogP contribution is -2.76. The molecule has 352 valence electrons. The van der Waals surface area contributed by atoms with Gasteiger partial charge in [0, 0.05) is 55.8 Å². The number of amides is 1. The minimum Gasteiger partial charge on any atom is -0.493 e. The van der Waals surface area contributed by atoms with E-state index in [4.69, 9.17) is 14.2 Å². The molecule has 4 fully saturated rings. The molecular weight excluding hydrogens is 829 g/mol. The number of aliphatic hydroxyl groups is 1. The Balaban J connectivity index is 0.000000136. The Morgan fingerprint density at radius 2 is 1.47 bits per heavy atom. The third-order valence-electron chi connectivity index (χ3n) is 15.7. The SMILES string of the molecule is CCC(=O)N(c1ccccc1)C1CCN(CCc2ccccc2)CC1.CCOC(=O)C1(c2ccccc2)CCN(C)CC1.COc1ccc2c3c1O[C@H]1C(=O)CC[C@@]4(O)[C@@H](C2)N(C)CC[C@]314. The summed E-state index contributed by atoms with van der Waals surface area (Å²) in [5.41, 5.74) is 3.83. The first-order valence-corrected chi connectivity index (χ1v) is 24.4. The maximum absolute atomic E-state index is 12.7. The summed E-state index contributed by atoms with van der Waals surface area (Å²) in [6.07, 6.45) is 7.33. The molecule has 4 aromatic carbocycles. The largest absolute Gasteiger partial charge is 0.493 e. The number of esters is 1. The van der Waals surface area contributed by atoms with Crippen LogP contribution < -0.4 is 14.4 Å². The van der Waals surface area contributed by atoms with Crippen molar-refractivity contribution in [2.24, 2.45) is 0 Å². The summed E-state index contributed by atoms with van der Waals surface area (Å²) in [6, 6.07) is 35.2. The number of likely N-dealkylation sites (N-methyl/N-ethyl adjacent to an activating group) is 1. The van der Waals surface area contributed by atoms with Crippen LogP contribution in [-0.4, -0.2) is 128 Å². The molecule has 2 aliphatic carbocycles. The summed E-state index contributed by atoms with van der Waals surface area (Å²) < 4.78 is 16.9. The third kappa shape index (κ3) is 8.92. The fraction of sp³-hybridized carbons (Fsp3) is 0.509. The zero-order chi connectivity index (χ0) is 46.5. The van der Waals surface area contributed by atoms with Gasteiger partial charge in [0.1, 0.15) is 0 Å². The molecule has 2 bridgehead atoms. The van der Waals surface area contributed by atoms with Crippen LogP contribution in [0, 0.1) is 0 Å². The summed E-state index contributed by atoms with van der Waals surface area (Å²) >= 11 is 0. The predicted octanol–water partition coefficient (Wildman–Crippen LogP) is 7.40. The highest BCUT2D eigenvalue weighted by molar-refractivity contribution is 5.94. The van der Waals surface area contributed by atoms with Gasteiger partial charge in [-0.1, -0.05) is 91.9 Å². The molecule has 0 radical (unpaired) electrons. The van der Waals surface area contributed by atoms with Crippen LogP contribution in [-0.2, 0) is 42.8 Å². The summed E-state index contributed by atoms with van der Waals surface area (Å²) in [5, 5.41) is 11.7. The van der Waals surface area contributed by atoms with Crippen molar-refractivity contribution in [2.45, 2.75) is 113 Å². The lowest BCUT2D eigenvalue weighted by Gasteiger charge is -2.62. The van der Waals surface area contributed by atoms with E-state index < -0.39 is 22.5 Å². The van der Waals surface area contributed by atoms with Crippen molar-refractivity contribution < 1.29 is 33.7 Å². The summed E-state index contributed by atoms with van der Waals surface area (Å²) in [7, 11) is 5.79. The fourth-order valence-electron chi connectivity index (χ4n) is 12.0. The quantitative estimate of drug-likeness (QED) is 0.162. The molecular formula is C55H70N4O7. The van der Waals surface area contributed by atoms with E-state index in [2.05, 4.69) is 77.3 Å². The number of carbonyl (C=O) groups excluding carboxylic acids is 3. The van der Waals surface area contributed by atoms with E-state index in [-0.39, 0.29) is 23.7 Å². The van der Waals surface area contributed by atoms with Gasteiger partial charge in [0.2, 0.25) is 5.91 Å². The van der Waals surface area contributed by atoms with Crippen molar-refractivity contribution in [2.75, 3.05) is 72.0 Å². The molecule has 66 heavy (non-hydrogen) atoms. The maximum Gasteiger partial charge on any atom is 0.316 e. The first-order valence-electron chi connectivity index (χ1n) is 24.4. The molecule has 1 N–H and O–H groups in total. The van der Waals surface area contributed by atoms with Gasteiger partial charge in [0.05, 0.1) is 30.1 Å². The van der Waals surface area contributed by atoms with Crippen LogP contribution in [0.2, 0.25) is 0 Å². The monoisotopic (exact) mass is 899 g/mol. The molecule has 0 aromatic heterocycles. The van der Waals surface area contributed by atoms with Crippen LogP contribution >= 0.6 is 0 Å². The average molecular weight is 899 g/mol. The van der Waals surface area contributed by atoms with Crippen LogP contribution in [0.1, 0.15) is 87.5 Å². The van der Waals surface area contributed by atoms with Crippen LogP contribution in [0.25, 0.3) is 0 Å². The molecule has 0 unspecified atom stereocenters. The second kappa shape index (κ2) is 20.4. The lowest BCUT2D eigenvalue weighted by atomic mass is 9.49. The molecule has 4 heterocycles. The molecule has 1 saturated carbocycles. The number of hydrogen-bond acceptors (Lipinski definition) is 10. The third-order valence-corrected chi connectivity index (χ3v) is 15.7. The van der Waals surface area contributed by atoms with Crippen LogP contribution in [0.15, 0.2) is 103 Å². The van der Waals surface area contributed by atoms with Crippen LogP contribution in [0.5, 0.6) is 11.5 Å². The van der Waals surface area contributed by atoms with Gasteiger partial charge in [-0.3, -0.25) is 14.4 Å². The number of hydrogen-bond donors (Lipinski definition) is 1. The van der Waals surface area contributed by atoms with E-state index >= 15 is 0 Å². The fourth-order valence-corrected chi connectivity index (χ4v) is 12.0. The van der Waals surface area contributed by atoms with Gasteiger partial charge in [0.25, 0.3) is 0 Å². The number of piperidine rings is 3. The normalized spacial score (nSPS) is 25.5. The maximum atomic E-state index is 12.7. The van der Waals surface area contributed by atoms with E-state index in [9.17, 15) is 19.5 Å². The van der Waals surface area contributed by atoms with Gasteiger partial charge in [-0.15, -0.1) is 0 Å². The number of anilines is 1. The van der Waals surface area contributed by atoms with Gasteiger partial charge in [0.15, 0.2) is 23.4 Å². The molecule has 4 aromatic rings. The lowest BCUT2D eigenvalue weighted by molar-refractivity contribution is -0.185. The van der Waals surface area contributed by atoms with Crippen molar-refractivity contribution in [3.05, 3.63) is 125 Å². The van der Waals surface area contributed by atoms with Gasteiger partial charge in [-0.05, 0) is 127 Å². The summed E-state index contributed by atoms with van der Waals surface area (Å²) in [5.74, 6) is 1.63. The Morgan fingerprint density at radius 3 is 2.11 bits per heavy atom. The van der Waals surface area contributed by atoms with Crippen molar-refractivity contribution in [1.82, 2.24) is 14.7 Å². The highest BCUT2D eigenvalue weighted by Gasteiger charge is 2.72. The predicted molar refractivity (Wildman–Crippen MR) is 258 cm³/mol. The first kappa shape index (κ1) is 47.4. The van der Waals surface area contributed by atoms with Crippen LogP contribution in [0.4, 0.5) is 5.69 Å². The second-order valence-electron chi connectivity index (χ2n) is 19.2. The number of benzene rings is 4. The molecule has 3 saturated heterocycles. The number of likely N-dealkylation sites (tertiary alicyclic amines) is 3. The van der Waals surface area contributed by atoms with E-state index in [1.54, 1.807) is 7.11 Å². The Bertz CT molecular complexity index is 2280. The number of ketones is 1. The summed E-state index contributed by atoms with van der Waals surface area (Å²) in [6.45, 7) is 10.2. The smallest absolute Gasteiger partial charge is 0.316 e. The Hall–Kier alpha value is -5.07. The van der Waals surface area contributed by atoms with Crippen molar-refractivity contribution in [1.29, 1.82) is 0 Å². The average Bonchev–Trinajstić information content (AvgIpc) is 3.72. The number of para-hydroxylation sites is 1. The Labute approximate surface area is 392 Å². The number of Topliss-reactive ketones (excluding diaryl/α,β-unsaturated/α-hetero) is 1. The van der Waals surface area contributed by atoms with Gasteiger partial charge in [-0.25, -0.2) is 0 Å². The number of carbonyl (C=O) groups is 3. The molecule has 1 spiro atoms. The van der Waals surface area contributed by atoms with Gasteiger partial charge >= 0.3 is 5.97 Å². The highest BCUT2D eigenvalue weighted by Crippen LogP contribution is 2.64. The van der Waals surface area contributed by atoms with Crippen molar-refractivity contribution in [3.63, 3.8) is 0 Å². The highest BCUT2D eigenvalue weighted by atomic mass is 16.5. The number of ether oxygens (including phenoxy) is 3. The molecule has 4 aliphatic heterocycles. The number of methoxy groups -OCH3 is 1. The number of nitrogens with zero attached hydrogens (tertiary/aromatic N) is 4. The molecule has 11 heteroatoms. The zero-order valence-corrected chi connectivity index (χ0v) is 39.8. The molecule has 6 aliphatic rings. The standard InChI is InChI=1S/C22H28N2O.C18H21NO4.C15H21NO2/c1-2-22(25)24(20-11-7-4-8-12-20)21-14-17-23(18-15-21)16-13-19-9-5-3-6-10-19;1-19-8-7-17-14-10-3-4-12(22-2)15(14)23-16(17)11(20)5-6-18(17,21)13(19)9-10;1-3-18-14(17)15(9-11-16(2)12-10-15)13-7-5-4-6-8-13/h3-12,21H,2,13-18H2,1H3;3-4,13,16,21H,5-9H2,1-2H3;4-8H,3,9-12H2,1-2H3/t;13-,16+,17+,18-;/m.1./s1. The Kier molecular flexibility index (Phi) is 14.7. The molecule has 11 nitrogen and oxygen atoms in total. The number of rotatable bonds is 10. The van der Waals surface area contributed by atoms with Gasteiger partial charge < -0.3 is 38.9 Å².